The van der Waals surface area contributed by atoms with Gasteiger partial charge in [-0.15, -0.1) is 0 Å². The lowest BCUT2D eigenvalue weighted by Crippen LogP contribution is -2.35. The van der Waals surface area contributed by atoms with Gasteiger partial charge in [0, 0.05) is 19.5 Å². The van der Waals surface area contributed by atoms with Crippen molar-refractivity contribution in [1.29, 1.82) is 0 Å². The van der Waals surface area contributed by atoms with E-state index in [0.29, 0.717) is 6.04 Å². The topological polar surface area (TPSA) is 32.3 Å². The Kier molecular flexibility index (Phi) is 3.62. The first-order valence-corrected chi connectivity index (χ1v) is 6.25. The summed E-state index contributed by atoms with van der Waals surface area (Å²) in [5, 5.41) is 3.38. The lowest BCUT2D eigenvalue weighted by Gasteiger charge is -2.26. The van der Waals surface area contributed by atoms with Gasteiger partial charge >= 0.3 is 0 Å². The monoisotopic (exact) mass is 210 g/mol. The molecule has 0 bridgehead atoms. The van der Waals surface area contributed by atoms with Crippen LogP contribution in [0.5, 0.6) is 0 Å². The van der Waals surface area contributed by atoms with Gasteiger partial charge in [-0.05, 0) is 51.1 Å². The van der Waals surface area contributed by atoms with Gasteiger partial charge in [0.2, 0.25) is 5.91 Å². The van der Waals surface area contributed by atoms with E-state index in [4.69, 9.17) is 0 Å². The van der Waals surface area contributed by atoms with E-state index >= 15 is 0 Å². The van der Waals surface area contributed by atoms with Crippen LogP contribution in [0.25, 0.3) is 0 Å². The van der Waals surface area contributed by atoms with Gasteiger partial charge in [0.25, 0.3) is 0 Å². The van der Waals surface area contributed by atoms with Crippen LogP contribution in [-0.2, 0) is 4.79 Å². The number of nitrogens with one attached hydrogen (secondary N) is 1. The lowest BCUT2D eigenvalue weighted by molar-refractivity contribution is -0.129. The summed E-state index contributed by atoms with van der Waals surface area (Å²) in [6.07, 6.45) is 6.24. The molecule has 2 fully saturated rings. The van der Waals surface area contributed by atoms with E-state index in [0.717, 1.165) is 25.6 Å². The predicted molar refractivity (Wildman–Crippen MR) is 60.6 cm³/mol. The lowest BCUT2D eigenvalue weighted by atomic mass is 9.94. The van der Waals surface area contributed by atoms with E-state index in [1.807, 2.05) is 0 Å². The molecule has 1 aliphatic heterocycles. The predicted octanol–water partition coefficient (Wildman–Crippen LogP) is 1.39. The molecule has 0 aromatic heterocycles. The van der Waals surface area contributed by atoms with Crippen LogP contribution in [0.3, 0.4) is 0 Å². The summed E-state index contributed by atoms with van der Waals surface area (Å²) >= 11 is 0. The fraction of sp³-hybridized carbons (Fsp3) is 0.917. The molecule has 1 N–H and O–H groups in total. The second-order valence-electron chi connectivity index (χ2n) is 4.93. The van der Waals surface area contributed by atoms with Crippen LogP contribution in [0.1, 0.15) is 39.0 Å². The average Bonchev–Trinajstić information content (AvgIpc) is 3.03. The molecule has 15 heavy (non-hydrogen) atoms. The molecule has 0 radical (unpaired) electrons. The third-order valence-corrected chi connectivity index (χ3v) is 3.63. The number of piperidine rings is 1. The van der Waals surface area contributed by atoms with Crippen LogP contribution in [0.15, 0.2) is 0 Å². The van der Waals surface area contributed by atoms with Gasteiger partial charge in [0.05, 0.1) is 0 Å². The van der Waals surface area contributed by atoms with E-state index in [2.05, 4.69) is 10.2 Å². The van der Waals surface area contributed by atoms with Gasteiger partial charge in [-0.25, -0.2) is 0 Å². The normalized spacial score (nSPS) is 22.7. The zero-order chi connectivity index (χ0) is 10.7. The summed E-state index contributed by atoms with van der Waals surface area (Å²) < 4.78 is 0. The number of nitrogens with zero attached hydrogens (tertiary/aromatic N) is 1. The number of amides is 1. The molecule has 1 heterocycles. The molecular formula is C12H22N2O. The SMILES string of the molecule is CC(=O)N(CCC1CCNCC1)C1CC1. The van der Waals surface area contributed by atoms with Gasteiger partial charge in [0.1, 0.15) is 0 Å². The molecule has 0 unspecified atom stereocenters. The molecule has 3 heteroatoms. The highest BCUT2D eigenvalue weighted by atomic mass is 16.2. The van der Waals surface area contributed by atoms with Gasteiger partial charge in [-0.1, -0.05) is 0 Å². The Morgan fingerprint density at radius 1 is 1.27 bits per heavy atom. The maximum atomic E-state index is 11.4. The van der Waals surface area contributed by atoms with Crippen LogP contribution in [0.2, 0.25) is 0 Å². The first-order valence-electron chi connectivity index (χ1n) is 6.25. The van der Waals surface area contributed by atoms with E-state index in [-0.39, 0.29) is 5.91 Å². The molecule has 1 saturated heterocycles. The molecule has 2 rings (SSSR count). The summed E-state index contributed by atoms with van der Waals surface area (Å²) in [5.41, 5.74) is 0. The minimum atomic E-state index is 0.270. The van der Waals surface area contributed by atoms with Crippen molar-refractivity contribution in [1.82, 2.24) is 10.2 Å². The van der Waals surface area contributed by atoms with Crippen molar-refractivity contribution in [3.63, 3.8) is 0 Å². The van der Waals surface area contributed by atoms with Gasteiger partial charge in [-0.3, -0.25) is 4.79 Å². The Labute approximate surface area is 92.2 Å². The summed E-state index contributed by atoms with van der Waals surface area (Å²) in [7, 11) is 0. The molecule has 2 aliphatic rings. The number of carbonyl (C=O) groups excluding carboxylic acids is 1. The Bertz CT molecular complexity index is 220. The van der Waals surface area contributed by atoms with Crippen molar-refractivity contribution in [3.8, 4) is 0 Å². The van der Waals surface area contributed by atoms with E-state index in [1.54, 1.807) is 6.92 Å². The highest BCUT2D eigenvalue weighted by Crippen LogP contribution is 2.28. The fourth-order valence-electron chi connectivity index (χ4n) is 2.48. The summed E-state index contributed by atoms with van der Waals surface area (Å²) in [5.74, 6) is 1.11. The molecule has 0 atom stereocenters. The Morgan fingerprint density at radius 2 is 1.93 bits per heavy atom. The molecule has 0 spiro atoms. The number of rotatable bonds is 4. The van der Waals surface area contributed by atoms with E-state index in [1.165, 1.54) is 32.1 Å². The van der Waals surface area contributed by atoms with Crippen LogP contribution >= 0.6 is 0 Å². The van der Waals surface area contributed by atoms with Crippen molar-refractivity contribution in [3.05, 3.63) is 0 Å². The third kappa shape index (κ3) is 3.20. The van der Waals surface area contributed by atoms with Crippen molar-refractivity contribution < 1.29 is 4.79 Å². The zero-order valence-electron chi connectivity index (χ0n) is 9.67. The van der Waals surface area contributed by atoms with Crippen LogP contribution in [0.4, 0.5) is 0 Å². The van der Waals surface area contributed by atoms with E-state index in [9.17, 15) is 4.79 Å². The largest absolute Gasteiger partial charge is 0.340 e. The van der Waals surface area contributed by atoms with E-state index < -0.39 is 0 Å². The van der Waals surface area contributed by atoms with Gasteiger partial charge < -0.3 is 10.2 Å². The minimum absolute atomic E-state index is 0.270. The molecule has 1 amide bonds. The fourth-order valence-corrected chi connectivity index (χ4v) is 2.48. The van der Waals surface area contributed by atoms with Crippen LogP contribution < -0.4 is 5.32 Å². The van der Waals surface area contributed by atoms with Crippen LogP contribution in [-0.4, -0.2) is 36.5 Å². The molecule has 0 aromatic carbocycles. The molecule has 3 nitrogen and oxygen atoms in total. The molecule has 1 aliphatic carbocycles. The highest BCUT2D eigenvalue weighted by molar-refractivity contribution is 5.73. The second-order valence-corrected chi connectivity index (χ2v) is 4.93. The zero-order valence-corrected chi connectivity index (χ0v) is 9.67. The standard InChI is InChI=1S/C12H22N2O/c1-10(15)14(12-2-3-12)9-6-11-4-7-13-8-5-11/h11-13H,2-9H2,1H3. The summed E-state index contributed by atoms with van der Waals surface area (Å²) in [6, 6.07) is 0.587. The summed E-state index contributed by atoms with van der Waals surface area (Å²) in [6.45, 7) is 5.02. The number of hydrogen-bond acceptors (Lipinski definition) is 2. The smallest absolute Gasteiger partial charge is 0.219 e. The Morgan fingerprint density at radius 3 is 2.47 bits per heavy atom. The third-order valence-electron chi connectivity index (χ3n) is 3.63. The second kappa shape index (κ2) is 4.97. The average molecular weight is 210 g/mol. The molecular weight excluding hydrogens is 188 g/mol. The van der Waals surface area contributed by atoms with Gasteiger partial charge in [-0.2, -0.15) is 0 Å². The number of hydrogen-bond donors (Lipinski definition) is 1. The molecule has 1 saturated carbocycles. The quantitative estimate of drug-likeness (QED) is 0.760. The van der Waals surface area contributed by atoms with Crippen molar-refractivity contribution in [2.24, 2.45) is 5.92 Å². The maximum absolute atomic E-state index is 11.4. The first kappa shape index (κ1) is 10.9. The van der Waals surface area contributed by atoms with Gasteiger partial charge in [0.15, 0.2) is 0 Å². The van der Waals surface area contributed by atoms with Crippen LogP contribution in [0, 0.1) is 5.92 Å². The first-order chi connectivity index (χ1) is 7.27. The Balaban J connectivity index is 1.72. The molecule has 86 valence electrons. The Hall–Kier alpha value is -0.570. The van der Waals surface area contributed by atoms with Crippen molar-refractivity contribution in [2.75, 3.05) is 19.6 Å². The van der Waals surface area contributed by atoms with Crippen molar-refractivity contribution in [2.45, 2.75) is 45.1 Å². The molecule has 0 aromatic rings. The summed E-state index contributed by atoms with van der Waals surface area (Å²) in [4.78, 5) is 13.5. The highest BCUT2D eigenvalue weighted by Gasteiger charge is 2.30. The maximum Gasteiger partial charge on any atom is 0.219 e. The number of carbonyl (C=O) groups is 1. The van der Waals surface area contributed by atoms with Crippen molar-refractivity contribution >= 4 is 5.91 Å². The minimum Gasteiger partial charge on any atom is -0.340 e.